The van der Waals surface area contributed by atoms with Crippen LogP contribution in [0.4, 0.5) is 5.82 Å². The fourth-order valence-electron chi connectivity index (χ4n) is 4.63. The number of benzene rings is 2. The highest BCUT2D eigenvalue weighted by Gasteiger charge is 2.22. The van der Waals surface area contributed by atoms with E-state index in [0.717, 1.165) is 76.3 Å². The number of anilines is 1. The highest BCUT2D eigenvalue weighted by Crippen LogP contribution is 2.38. The fourth-order valence-corrected chi connectivity index (χ4v) is 4.63. The van der Waals surface area contributed by atoms with E-state index < -0.39 is 0 Å². The van der Waals surface area contributed by atoms with E-state index >= 15 is 0 Å². The van der Waals surface area contributed by atoms with Crippen molar-refractivity contribution in [1.82, 2.24) is 14.5 Å². The van der Waals surface area contributed by atoms with E-state index in [9.17, 15) is 5.26 Å². The van der Waals surface area contributed by atoms with Crippen molar-refractivity contribution >= 4 is 27.8 Å². The van der Waals surface area contributed by atoms with Crippen molar-refractivity contribution in [2.75, 3.05) is 18.0 Å². The van der Waals surface area contributed by atoms with Gasteiger partial charge < -0.3 is 4.90 Å². The molecule has 0 saturated carbocycles. The summed E-state index contributed by atoms with van der Waals surface area (Å²) in [6.45, 7) is 12.5. The maximum absolute atomic E-state index is 9.40. The lowest BCUT2D eigenvalue weighted by atomic mass is 10.0. The molecule has 2 heterocycles. The number of fused-ring (bicyclic) bond motifs is 3. The molecule has 0 saturated heterocycles. The van der Waals surface area contributed by atoms with E-state index in [4.69, 9.17) is 9.97 Å². The van der Waals surface area contributed by atoms with E-state index in [1.54, 1.807) is 0 Å². The Morgan fingerprint density at radius 2 is 1.61 bits per heavy atom. The third-order valence-corrected chi connectivity index (χ3v) is 5.74. The molecule has 0 bridgehead atoms. The normalized spacial score (nSPS) is 11.2. The summed E-state index contributed by atoms with van der Waals surface area (Å²) in [5.41, 5.74) is 5.95. The Kier molecular flexibility index (Phi) is 5.65. The number of para-hydroxylation sites is 1. The van der Waals surface area contributed by atoms with Crippen molar-refractivity contribution in [1.29, 1.82) is 5.26 Å². The zero-order chi connectivity index (χ0) is 22.1. The maximum atomic E-state index is 9.40. The van der Waals surface area contributed by atoms with Crippen molar-refractivity contribution in [3.63, 3.8) is 0 Å². The first-order chi connectivity index (χ1) is 15.0. The molecule has 31 heavy (non-hydrogen) atoms. The second-order valence-electron chi connectivity index (χ2n) is 8.20. The van der Waals surface area contributed by atoms with Gasteiger partial charge in [0, 0.05) is 18.5 Å². The van der Waals surface area contributed by atoms with E-state index in [1.165, 1.54) is 0 Å². The van der Waals surface area contributed by atoms with Crippen molar-refractivity contribution in [3.05, 3.63) is 58.9 Å². The number of nitriles is 1. The van der Waals surface area contributed by atoms with Gasteiger partial charge in [0.15, 0.2) is 5.65 Å². The SMILES string of the molecule is CCCN(CCC)c1nc(C)nc2c1c1ccccc1n2-c1c(C)cc(C#N)cc1C. The molecule has 0 fully saturated rings. The predicted molar refractivity (Wildman–Crippen MR) is 128 cm³/mol. The molecule has 5 heteroatoms. The molecule has 0 aliphatic carbocycles. The number of aromatic nitrogens is 3. The van der Waals surface area contributed by atoms with Crippen molar-refractivity contribution < 1.29 is 0 Å². The zero-order valence-electron chi connectivity index (χ0n) is 19.0. The smallest absolute Gasteiger partial charge is 0.151 e. The summed E-state index contributed by atoms with van der Waals surface area (Å²) >= 11 is 0. The summed E-state index contributed by atoms with van der Waals surface area (Å²) in [7, 11) is 0. The number of rotatable bonds is 6. The van der Waals surface area contributed by atoms with Crippen LogP contribution in [0.5, 0.6) is 0 Å². The number of nitrogens with zero attached hydrogens (tertiary/aromatic N) is 5. The summed E-state index contributed by atoms with van der Waals surface area (Å²) in [6.07, 6.45) is 2.13. The van der Waals surface area contributed by atoms with Gasteiger partial charge in [0.1, 0.15) is 11.6 Å². The molecular weight excluding hydrogens is 382 g/mol. The Morgan fingerprint density at radius 3 is 2.23 bits per heavy atom. The lowest BCUT2D eigenvalue weighted by Gasteiger charge is -2.24. The molecule has 0 amide bonds. The molecule has 0 unspecified atom stereocenters. The quantitative estimate of drug-likeness (QED) is 0.391. The van der Waals surface area contributed by atoms with Crippen LogP contribution < -0.4 is 4.90 Å². The van der Waals surface area contributed by atoms with Gasteiger partial charge in [0.25, 0.3) is 0 Å². The first-order valence-corrected chi connectivity index (χ1v) is 11.0. The lowest BCUT2D eigenvalue weighted by Crippen LogP contribution is -2.26. The van der Waals surface area contributed by atoms with Gasteiger partial charge in [-0.05, 0) is 62.9 Å². The standard InChI is InChI=1S/C26H29N5/c1-6-12-30(13-7-2)25-23-21-10-8-9-11-22(21)31(26(23)29-19(5)28-25)24-17(3)14-20(16-27)15-18(24)4/h8-11,14-15H,6-7,12-13H2,1-5H3. The Labute approximate surface area is 184 Å². The molecule has 2 aromatic heterocycles. The minimum Gasteiger partial charge on any atom is -0.356 e. The van der Waals surface area contributed by atoms with Crippen LogP contribution in [0.25, 0.3) is 27.6 Å². The molecular formula is C26H29N5. The molecule has 0 aliphatic heterocycles. The van der Waals surface area contributed by atoms with Gasteiger partial charge >= 0.3 is 0 Å². The molecule has 0 atom stereocenters. The Bertz CT molecular complexity index is 1280. The molecule has 4 rings (SSSR count). The molecule has 2 aromatic carbocycles. The number of hydrogen-bond acceptors (Lipinski definition) is 4. The van der Waals surface area contributed by atoms with Gasteiger partial charge in [0.05, 0.1) is 28.2 Å². The first kappa shape index (κ1) is 20.9. The van der Waals surface area contributed by atoms with Gasteiger partial charge in [-0.25, -0.2) is 9.97 Å². The summed E-state index contributed by atoms with van der Waals surface area (Å²) in [5, 5.41) is 11.7. The molecule has 0 aliphatic rings. The summed E-state index contributed by atoms with van der Waals surface area (Å²) in [5.74, 6) is 1.79. The van der Waals surface area contributed by atoms with Crippen molar-refractivity contribution in [3.8, 4) is 11.8 Å². The molecule has 5 nitrogen and oxygen atoms in total. The summed E-state index contributed by atoms with van der Waals surface area (Å²) in [6, 6.07) is 14.7. The largest absolute Gasteiger partial charge is 0.356 e. The van der Waals surface area contributed by atoms with E-state index in [0.29, 0.717) is 5.56 Å². The zero-order valence-corrected chi connectivity index (χ0v) is 19.0. The molecule has 0 spiro atoms. The third-order valence-electron chi connectivity index (χ3n) is 5.74. The maximum Gasteiger partial charge on any atom is 0.151 e. The van der Waals surface area contributed by atoms with Crippen LogP contribution in [0.2, 0.25) is 0 Å². The minimum absolute atomic E-state index is 0.683. The van der Waals surface area contributed by atoms with Crippen LogP contribution in [0.15, 0.2) is 36.4 Å². The minimum atomic E-state index is 0.683. The molecule has 158 valence electrons. The topological polar surface area (TPSA) is 57.7 Å². The van der Waals surface area contributed by atoms with Crippen LogP contribution in [0.1, 0.15) is 49.2 Å². The molecule has 0 N–H and O–H groups in total. The van der Waals surface area contributed by atoms with Crippen LogP contribution >= 0.6 is 0 Å². The summed E-state index contributed by atoms with van der Waals surface area (Å²) < 4.78 is 2.25. The van der Waals surface area contributed by atoms with Crippen molar-refractivity contribution in [2.45, 2.75) is 47.5 Å². The highest BCUT2D eigenvalue weighted by atomic mass is 15.2. The van der Waals surface area contributed by atoms with Gasteiger partial charge in [-0.15, -0.1) is 0 Å². The van der Waals surface area contributed by atoms with Crippen LogP contribution in [0.3, 0.4) is 0 Å². The van der Waals surface area contributed by atoms with Gasteiger partial charge in [0.2, 0.25) is 0 Å². The van der Waals surface area contributed by atoms with E-state index in [-0.39, 0.29) is 0 Å². The number of hydrogen-bond donors (Lipinski definition) is 0. The van der Waals surface area contributed by atoms with Crippen LogP contribution in [-0.2, 0) is 0 Å². The van der Waals surface area contributed by atoms with Crippen LogP contribution in [-0.4, -0.2) is 27.6 Å². The average molecular weight is 412 g/mol. The predicted octanol–water partition coefficient (Wildman–Crippen LogP) is 6.00. The Morgan fingerprint density at radius 1 is 0.968 bits per heavy atom. The number of aryl methyl sites for hydroxylation is 3. The summed E-state index contributed by atoms with van der Waals surface area (Å²) in [4.78, 5) is 12.3. The molecule has 0 radical (unpaired) electrons. The lowest BCUT2D eigenvalue weighted by molar-refractivity contribution is 0.734. The highest BCUT2D eigenvalue weighted by molar-refractivity contribution is 6.13. The molecule has 4 aromatic rings. The monoisotopic (exact) mass is 411 g/mol. The first-order valence-electron chi connectivity index (χ1n) is 11.0. The van der Waals surface area contributed by atoms with Crippen LogP contribution in [0, 0.1) is 32.1 Å². The van der Waals surface area contributed by atoms with Crippen molar-refractivity contribution in [2.24, 2.45) is 0 Å². The van der Waals surface area contributed by atoms with E-state index in [2.05, 4.69) is 67.5 Å². The third kappa shape index (κ3) is 3.53. The second-order valence-corrected chi connectivity index (χ2v) is 8.20. The fraction of sp³-hybridized carbons (Fsp3) is 0.346. The van der Waals surface area contributed by atoms with Gasteiger partial charge in [-0.2, -0.15) is 5.26 Å². The van der Waals surface area contributed by atoms with E-state index in [1.807, 2.05) is 19.1 Å². The average Bonchev–Trinajstić information content (AvgIpc) is 3.06. The Balaban J connectivity index is 2.15. The second kappa shape index (κ2) is 8.39. The Hall–Kier alpha value is -3.39. The van der Waals surface area contributed by atoms with Gasteiger partial charge in [-0.1, -0.05) is 32.0 Å². The van der Waals surface area contributed by atoms with Gasteiger partial charge in [-0.3, -0.25) is 4.57 Å².